The van der Waals surface area contributed by atoms with Gasteiger partial charge in [0, 0.05) is 30.3 Å². The summed E-state index contributed by atoms with van der Waals surface area (Å²) in [7, 11) is 0. The van der Waals surface area contributed by atoms with Gasteiger partial charge in [-0.3, -0.25) is 4.79 Å². The smallest absolute Gasteiger partial charge is 0.327 e. The van der Waals surface area contributed by atoms with E-state index in [9.17, 15) is 26.7 Å². The second-order valence-corrected chi connectivity index (χ2v) is 7.70. The number of aromatic nitrogens is 2. The molecule has 4 nitrogen and oxygen atoms in total. The molecule has 0 radical (unpaired) electrons. The van der Waals surface area contributed by atoms with Crippen LogP contribution in [0.5, 0.6) is 0 Å². The Bertz CT molecular complexity index is 939. The number of hydrogen-bond donors (Lipinski definition) is 0. The topological polar surface area (TPSA) is 47.2 Å². The monoisotopic (exact) mass is 399 g/mol. The van der Waals surface area contributed by atoms with E-state index >= 15 is 0 Å². The lowest BCUT2D eigenvalue weighted by atomic mass is 9.96. The van der Waals surface area contributed by atoms with E-state index in [1.807, 2.05) is 4.57 Å². The van der Waals surface area contributed by atoms with Crippen molar-refractivity contribution in [3.05, 3.63) is 30.1 Å². The molecule has 2 fully saturated rings. The third-order valence-corrected chi connectivity index (χ3v) is 6.00. The van der Waals surface area contributed by atoms with Gasteiger partial charge in [-0.05, 0) is 30.6 Å². The number of carbonyl (C=O) groups excluding carboxylic acids is 1. The number of carbonyl (C=O) groups is 1. The summed E-state index contributed by atoms with van der Waals surface area (Å²) < 4.78 is 65.2. The van der Waals surface area contributed by atoms with E-state index in [0.717, 1.165) is 25.0 Å². The van der Waals surface area contributed by atoms with Crippen molar-refractivity contribution >= 4 is 23.2 Å². The fraction of sp³-hybridized carbons (Fsp3) is 0.526. The van der Waals surface area contributed by atoms with Gasteiger partial charge in [-0.2, -0.15) is 13.2 Å². The van der Waals surface area contributed by atoms with Crippen molar-refractivity contribution in [1.29, 1.82) is 0 Å². The zero-order valence-electron chi connectivity index (χ0n) is 15.0. The molecule has 5 atom stereocenters. The lowest BCUT2D eigenvalue weighted by Gasteiger charge is -2.18. The van der Waals surface area contributed by atoms with Gasteiger partial charge in [-0.1, -0.05) is 6.92 Å². The maximum atomic E-state index is 13.6. The highest BCUT2D eigenvalue weighted by Crippen LogP contribution is 2.64. The number of amides is 1. The van der Waals surface area contributed by atoms with E-state index < -0.39 is 36.1 Å². The SMILES string of the molecule is CC(C(=O)N=CCC(F)(F)F)C1[C@H]2CC(n3cnc4cc(F)c(F)cc43)C[C@@H]12. The van der Waals surface area contributed by atoms with Gasteiger partial charge in [-0.25, -0.2) is 18.8 Å². The molecule has 0 N–H and O–H groups in total. The Morgan fingerprint density at radius 1 is 1.29 bits per heavy atom. The van der Waals surface area contributed by atoms with E-state index in [0.29, 0.717) is 17.2 Å². The summed E-state index contributed by atoms with van der Waals surface area (Å²) in [5, 5.41) is 0. The van der Waals surface area contributed by atoms with Crippen molar-refractivity contribution in [2.45, 2.75) is 38.4 Å². The van der Waals surface area contributed by atoms with Gasteiger partial charge >= 0.3 is 6.18 Å². The Morgan fingerprint density at radius 3 is 2.57 bits per heavy atom. The van der Waals surface area contributed by atoms with Crippen LogP contribution >= 0.6 is 0 Å². The number of hydrogen-bond acceptors (Lipinski definition) is 2. The Hall–Kier alpha value is -2.32. The standard InChI is InChI=1S/C19H18F5N3O/c1-9(18(28)25-3-2-19(22,23)24)17-11-4-10(5-12(11)17)27-8-26-15-6-13(20)14(21)7-16(15)27/h3,6-12,17H,2,4-5H2,1H3/t9?,10?,11-,12+,17?. The van der Waals surface area contributed by atoms with Crippen LogP contribution in [0.3, 0.4) is 0 Å². The molecule has 2 aromatic rings. The molecule has 0 aliphatic heterocycles. The molecule has 2 aliphatic carbocycles. The van der Waals surface area contributed by atoms with Crippen molar-refractivity contribution in [2.24, 2.45) is 28.7 Å². The minimum absolute atomic E-state index is 0.0807. The molecule has 1 heterocycles. The quantitative estimate of drug-likeness (QED) is 0.553. The molecule has 150 valence electrons. The Balaban J connectivity index is 1.39. The average molecular weight is 399 g/mol. The summed E-state index contributed by atoms with van der Waals surface area (Å²) in [5.74, 6) is -2.14. The summed E-state index contributed by atoms with van der Waals surface area (Å²) in [4.78, 5) is 19.6. The molecule has 0 spiro atoms. The molecule has 4 rings (SSSR count). The van der Waals surface area contributed by atoms with Gasteiger partial charge < -0.3 is 4.57 Å². The first-order valence-corrected chi connectivity index (χ1v) is 9.10. The van der Waals surface area contributed by atoms with Gasteiger partial charge in [0.15, 0.2) is 11.6 Å². The molecular weight excluding hydrogens is 381 g/mol. The highest BCUT2D eigenvalue weighted by molar-refractivity contribution is 5.87. The molecule has 1 aromatic heterocycles. The Morgan fingerprint density at radius 2 is 1.93 bits per heavy atom. The fourth-order valence-electron chi connectivity index (χ4n) is 4.67. The van der Waals surface area contributed by atoms with Crippen LogP contribution in [-0.2, 0) is 4.79 Å². The van der Waals surface area contributed by atoms with E-state index in [1.165, 1.54) is 0 Å². The maximum Gasteiger partial charge on any atom is 0.393 e. The molecule has 28 heavy (non-hydrogen) atoms. The largest absolute Gasteiger partial charge is 0.393 e. The van der Waals surface area contributed by atoms with Crippen LogP contribution in [-0.4, -0.2) is 27.8 Å². The van der Waals surface area contributed by atoms with E-state index in [2.05, 4.69) is 9.98 Å². The van der Waals surface area contributed by atoms with Crippen LogP contribution in [0.1, 0.15) is 32.2 Å². The van der Waals surface area contributed by atoms with Gasteiger partial charge in [0.25, 0.3) is 0 Å². The van der Waals surface area contributed by atoms with E-state index in [1.54, 1.807) is 13.3 Å². The summed E-state index contributed by atoms with van der Waals surface area (Å²) in [6.07, 6.45) is -1.84. The first-order valence-electron chi connectivity index (χ1n) is 9.10. The van der Waals surface area contributed by atoms with E-state index in [4.69, 9.17) is 0 Å². The second kappa shape index (κ2) is 6.63. The molecule has 1 amide bonds. The van der Waals surface area contributed by atoms with Crippen molar-refractivity contribution < 1.29 is 26.7 Å². The summed E-state index contributed by atoms with van der Waals surface area (Å²) in [6, 6.07) is 2.29. The minimum atomic E-state index is -4.37. The van der Waals surface area contributed by atoms with Crippen molar-refractivity contribution in [3.63, 3.8) is 0 Å². The zero-order chi connectivity index (χ0) is 20.2. The lowest BCUT2D eigenvalue weighted by Crippen LogP contribution is -2.17. The van der Waals surface area contributed by atoms with Crippen molar-refractivity contribution in [2.75, 3.05) is 0 Å². The molecule has 2 saturated carbocycles. The van der Waals surface area contributed by atoms with Crippen molar-refractivity contribution in [3.8, 4) is 0 Å². The Kier molecular flexibility index (Phi) is 4.50. The van der Waals surface area contributed by atoms with E-state index in [-0.39, 0.29) is 23.8 Å². The van der Waals surface area contributed by atoms with Crippen LogP contribution in [0.15, 0.2) is 23.5 Å². The molecule has 3 unspecified atom stereocenters. The van der Waals surface area contributed by atoms with Crippen molar-refractivity contribution in [1.82, 2.24) is 9.55 Å². The normalized spacial score (nSPS) is 28.1. The van der Waals surface area contributed by atoms with Crippen LogP contribution in [0.25, 0.3) is 11.0 Å². The number of fused-ring (bicyclic) bond motifs is 2. The van der Waals surface area contributed by atoms with Gasteiger partial charge in [0.2, 0.25) is 5.91 Å². The molecular formula is C19H18F5N3O. The molecule has 0 saturated heterocycles. The minimum Gasteiger partial charge on any atom is -0.327 e. The number of aliphatic imine (C=N–C) groups is 1. The number of imidazole rings is 1. The zero-order valence-corrected chi connectivity index (χ0v) is 15.0. The van der Waals surface area contributed by atoms with Gasteiger partial charge in [-0.15, -0.1) is 0 Å². The van der Waals surface area contributed by atoms with Gasteiger partial charge in [0.05, 0.1) is 23.8 Å². The number of alkyl halides is 3. The predicted molar refractivity (Wildman–Crippen MR) is 91.7 cm³/mol. The fourth-order valence-corrected chi connectivity index (χ4v) is 4.67. The van der Waals surface area contributed by atoms with Crippen LogP contribution < -0.4 is 0 Å². The number of halogens is 5. The number of rotatable bonds is 4. The lowest BCUT2D eigenvalue weighted by molar-refractivity contribution is -0.122. The molecule has 2 aliphatic rings. The summed E-state index contributed by atoms with van der Waals surface area (Å²) in [6.45, 7) is 1.70. The molecule has 9 heteroatoms. The van der Waals surface area contributed by atoms with Crippen LogP contribution in [0, 0.1) is 35.3 Å². The van der Waals surface area contributed by atoms with Crippen LogP contribution in [0.4, 0.5) is 22.0 Å². The average Bonchev–Trinajstić information content (AvgIpc) is 2.93. The highest BCUT2D eigenvalue weighted by Gasteiger charge is 2.59. The molecule has 1 aromatic carbocycles. The summed E-state index contributed by atoms with van der Waals surface area (Å²) in [5.41, 5.74) is 0.918. The third-order valence-electron chi connectivity index (χ3n) is 6.00. The van der Waals surface area contributed by atoms with Crippen LogP contribution in [0.2, 0.25) is 0 Å². The maximum absolute atomic E-state index is 13.6. The highest BCUT2D eigenvalue weighted by atomic mass is 19.4. The first-order chi connectivity index (χ1) is 13.2. The third kappa shape index (κ3) is 3.42. The first kappa shape index (κ1) is 19.0. The molecule has 0 bridgehead atoms. The van der Waals surface area contributed by atoms with Gasteiger partial charge in [0.1, 0.15) is 0 Å². The summed E-state index contributed by atoms with van der Waals surface area (Å²) >= 11 is 0. The number of benzene rings is 1. The second-order valence-electron chi connectivity index (χ2n) is 7.70. The Labute approximate surface area is 157 Å². The number of nitrogens with zero attached hydrogens (tertiary/aromatic N) is 3. The predicted octanol–water partition coefficient (Wildman–Crippen LogP) is 4.70.